The molecule has 1 aromatic carbocycles. The Morgan fingerprint density at radius 1 is 1.30 bits per heavy atom. The summed E-state index contributed by atoms with van der Waals surface area (Å²) in [6.07, 6.45) is 2.42. The number of aromatic amines is 1. The number of nitrogens with one attached hydrogen (secondary N) is 2. The van der Waals surface area contributed by atoms with Crippen LogP contribution in [0.5, 0.6) is 5.75 Å². The lowest BCUT2D eigenvalue weighted by Crippen LogP contribution is -2.12. The second-order valence-electron chi connectivity index (χ2n) is 5.66. The first-order valence-electron chi connectivity index (χ1n) is 8.13. The number of primary amides is 1. The number of anilines is 1. The maximum Gasteiger partial charge on any atom is 0.265 e. The van der Waals surface area contributed by atoms with Crippen LogP contribution in [0, 0.1) is 5.82 Å². The van der Waals surface area contributed by atoms with Crippen LogP contribution in [-0.4, -0.2) is 28.4 Å². The number of H-pyrrole nitrogens is 1. The zero-order chi connectivity index (χ0) is 19.2. The van der Waals surface area contributed by atoms with Gasteiger partial charge in [-0.3, -0.25) is 9.59 Å². The number of hydrogen-bond acceptors (Lipinski definition) is 5. The van der Waals surface area contributed by atoms with E-state index in [9.17, 15) is 14.0 Å². The van der Waals surface area contributed by atoms with Crippen molar-refractivity contribution < 1.29 is 18.7 Å². The largest absolute Gasteiger partial charge is 0.494 e. The van der Waals surface area contributed by atoms with Crippen LogP contribution in [0.25, 0.3) is 11.3 Å². The highest BCUT2D eigenvalue weighted by Gasteiger charge is 2.11. The third-order valence-corrected chi connectivity index (χ3v) is 4.38. The number of ether oxygens (including phenoxy) is 1. The molecule has 0 radical (unpaired) electrons. The molecule has 2 heterocycles. The molecule has 0 bridgehead atoms. The minimum absolute atomic E-state index is 0.175. The molecule has 4 N–H and O–H groups in total. The average Bonchev–Trinajstić information content (AvgIpc) is 3.29. The van der Waals surface area contributed by atoms with Gasteiger partial charge in [0, 0.05) is 23.6 Å². The summed E-state index contributed by atoms with van der Waals surface area (Å²) in [7, 11) is 0. The van der Waals surface area contributed by atoms with Gasteiger partial charge >= 0.3 is 0 Å². The van der Waals surface area contributed by atoms with Gasteiger partial charge < -0.3 is 20.8 Å². The number of nitrogens with zero attached hydrogens (tertiary/aromatic N) is 1. The smallest absolute Gasteiger partial charge is 0.265 e. The number of hydrogen-bond donors (Lipinski definition) is 3. The van der Waals surface area contributed by atoms with Crippen LogP contribution in [0.1, 0.15) is 23.3 Å². The van der Waals surface area contributed by atoms with Crippen LogP contribution in [0.2, 0.25) is 0 Å². The number of amides is 2. The molecular weight excluding hydrogens is 371 g/mol. The molecule has 2 aromatic heterocycles. The molecule has 0 aliphatic heterocycles. The van der Waals surface area contributed by atoms with Crippen molar-refractivity contribution in [3.8, 4) is 17.0 Å². The highest BCUT2D eigenvalue weighted by Crippen LogP contribution is 2.25. The van der Waals surface area contributed by atoms with Crippen LogP contribution in [-0.2, 0) is 4.79 Å². The summed E-state index contributed by atoms with van der Waals surface area (Å²) in [4.78, 5) is 30.2. The van der Waals surface area contributed by atoms with Crippen molar-refractivity contribution in [3.63, 3.8) is 0 Å². The lowest BCUT2D eigenvalue weighted by atomic mass is 10.2. The zero-order valence-electron chi connectivity index (χ0n) is 14.2. The van der Waals surface area contributed by atoms with Crippen LogP contribution >= 0.6 is 11.3 Å². The van der Waals surface area contributed by atoms with Crippen molar-refractivity contribution >= 4 is 28.3 Å². The van der Waals surface area contributed by atoms with Crippen molar-refractivity contribution in [2.45, 2.75) is 12.8 Å². The Morgan fingerprint density at radius 2 is 2.07 bits per heavy atom. The highest BCUT2D eigenvalue weighted by molar-refractivity contribution is 7.14. The predicted octanol–water partition coefficient (Wildman–Crippen LogP) is 3.17. The Kier molecular flexibility index (Phi) is 5.82. The highest BCUT2D eigenvalue weighted by atomic mass is 32.1. The maximum atomic E-state index is 12.8. The van der Waals surface area contributed by atoms with E-state index in [0.717, 1.165) is 0 Å². The molecule has 140 valence electrons. The number of carbonyl (C=O) groups excluding carboxylic acids is 2. The van der Waals surface area contributed by atoms with Crippen molar-refractivity contribution in [3.05, 3.63) is 53.4 Å². The van der Waals surface area contributed by atoms with E-state index >= 15 is 0 Å². The van der Waals surface area contributed by atoms with E-state index < -0.39 is 5.91 Å². The molecule has 0 spiro atoms. The zero-order valence-corrected chi connectivity index (χ0v) is 15.0. The van der Waals surface area contributed by atoms with Gasteiger partial charge in [-0.2, -0.15) is 0 Å². The van der Waals surface area contributed by atoms with Gasteiger partial charge in [0.05, 0.1) is 12.3 Å². The molecule has 3 aromatic rings. The maximum absolute atomic E-state index is 12.8. The van der Waals surface area contributed by atoms with Crippen molar-refractivity contribution in [2.75, 3.05) is 11.9 Å². The average molecular weight is 388 g/mol. The number of thiazole rings is 1. The molecule has 0 fully saturated rings. The molecular formula is C18H17FN4O3S. The van der Waals surface area contributed by atoms with Gasteiger partial charge in [-0.1, -0.05) is 0 Å². The summed E-state index contributed by atoms with van der Waals surface area (Å²) in [5, 5.41) is 4.98. The predicted molar refractivity (Wildman–Crippen MR) is 100 cm³/mol. The van der Waals surface area contributed by atoms with Crippen molar-refractivity contribution in [1.82, 2.24) is 9.97 Å². The van der Waals surface area contributed by atoms with Crippen LogP contribution in [0.4, 0.5) is 9.52 Å². The third kappa shape index (κ3) is 5.14. The van der Waals surface area contributed by atoms with E-state index in [0.29, 0.717) is 40.9 Å². The first kappa shape index (κ1) is 18.6. The van der Waals surface area contributed by atoms with E-state index in [1.54, 1.807) is 17.6 Å². The monoisotopic (exact) mass is 388 g/mol. The fourth-order valence-corrected chi connectivity index (χ4v) is 3.02. The van der Waals surface area contributed by atoms with E-state index in [1.807, 2.05) is 0 Å². The molecule has 0 aliphatic rings. The molecule has 0 saturated heterocycles. The number of rotatable bonds is 8. The number of halogens is 1. The van der Waals surface area contributed by atoms with Gasteiger partial charge in [-0.25, -0.2) is 9.37 Å². The molecule has 0 unspecified atom stereocenters. The summed E-state index contributed by atoms with van der Waals surface area (Å²) in [6, 6.07) is 7.32. The Balaban J connectivity index is 1.44. The molecule has 2 amide bonds. The summed E-state index contributed by atoms with van der Waals surface area (Å²) < 4.78 is 18.2. The lowest BCUT2D eigenvalue weighted by Gasteiger charge is -2.05. The Labute approximate surface area is 158 Å². The SMILES string of the molecule is NC(=O)c1cc(-c2csc(NC(=O)CCCOc3ccc(F)cc3)n2)c[nH]1. The summed E-state index contributed by atoms with van der Waals surface area (Å²) >= 11 is 1.29. The number of aromatic nitrogens is 2. The second kappa shape index (κ2) is 8.45. The van der Waals surface area contributed by atoms with Crippen molar-refractivity contribution in [2.24, 2.45) is 5.73 Å². The Bertz CT molecular complexity index is 936. The normalized spacial score (nSPS) is 10.6. The van der Waals surface area contributed by atoms with Crippen LogP contribution in [0.3, 0.4) is 0 Å². The summed E-state index contributed by atoms with van der Waals surface area (Å²) in [5.41, 5.74) is 6.86. The van der Waals surface area contributed by atoms with Crippen molar-refractivity contribution in [1.29, 1.82) is 0 Å². The molecule has 0 atom stereocenters. The lowest BCUT2D eigenvalue weighted by molar-refractivity contribution is -0.116. The van der Waals surface area contributed by atoms with Gasteiger partial charge in [-0.05, 0) is 36.8 Å². The minimum atomic E-state index is -0.548. The van der Waals surface area contributed by atoms with Gasteiger partial charge in [0.25, 0.3) is 5.91 Å². The van der Waals surface area contributed by atoms with Gasteiger partial charge in [-0.15, -0.1) is 11.3 Å². The first-order chi connectivity index (χ1) is 13.0. The Morgan fingerprint density at radius 3 is 2.78 bits per heavy atom. The summed E-state index contributed by atoms with van der Waals surface area (Å²) in [5.74, 6) is -0.489. The third-order valence-electron chi connectivity index (χ3n) is 3.63. The van der Waals surface area contributed by atoms with E-state index in [4.69, 9.17) is 10.5 Å². The first-order valence-corrected chi connectivity index (χ1v) is 9.01. The van der Waals surface area contributed by atoms with E-state index in [1.165, 1.54) is 35.6 Å². The molecule has 27 heavy (non-hydrogen) atoms. The molecule has 9 heteroatoms. The van der Waals surface area contributed by atoms with Crippen LogP contribution in [0.15, 0.2) is 41.9 Å². The van der Waals surface area contributed by atoms with Crippen LogP contribution < -0.4 is 15.8 Å². The summed E-state index contributed by atoms with van der Waals surface area (Å²) in [6.45, 7) is 0.349. The minimum Gasteiger partial charge on any atom is -0.494 e. The second-order valence-corrected chi connectivity index (χ2v) is 6.52. The number of benzene rings is 1. The fraction of sp³-hybridized carbons (Fsp3) is 0.167. The molecule has 7 nitrogen and oxygen atoms in total. The topological polar surface area (TPSA) is 110 Å². The molecule has 0 saturated carbocycles. The number of carbonyl (C=O) groups is 2. The standard InChI is InChI=1S/C18H17FN4O3S/c19-12-3-5-13(6-4-12)26-7-1-2-16(24)23-18-22-15(10-27-18)11-8-14(17(20)25)21-9-11/h3-6,8-10,21H,1-2,7H2,(H2,20,25)(H,22,23,24). The van der Waals surface area contributed by atoms with Gasteiger partial charge in [0.2, 0.25) is 5.91 Å². The van der Waals surface area contributed by atoms with E-state index in [2.05, 4.69) is 15.3 Å². The Hall–Kier alpha value is -3.20. The quantitative estimate of drug-likeness (QED) is 0.515. The molecule has 3 rings (SSSR count). The molecule has 0 aliphatic carbocycles. The van der Waals surface area contributed by atoms with Gasteiger partial charge in [0.15, 0.2) is 5.13 Å². The number of nitrogens with two attached hydrogens (primary N) is 1. The van der Waals surface area contributed by atoms with E-state index in [-0.39, 0.29) is 18.1 Å². The van der Waals surface area contributed by atoms with Gasteiger partial charge in [0.1, 0.15) is 17.3 Å². The fourth-order valence-electron chi connectivity index (χ4n) is 2.28.